The molecule has 1 aliphatic rings. The molecule has 18 heavy (non-hydrogen) atoms. The van der Waals surface area contributed by atoms with E-state index >= 15 is 0 Å². The van der Waals surface area contributed by atoms with Gasteiger partial charge in [0.1, 0.15) is 0 Å². The van der Waals surface area contributed by atoms with Gasteiger partial charge in [-0.15, -0.1) is 0 Å². The van der Waals surface area contributed by atoms with Gasteiger partial charge in [0, 0.05) is 25.2 Å². The van der Waals surface area contributed by atoms with E-state index in [2.05, 4.69) is 55.3 Å². The third-order valence-electron chi connectivity index (χ3n) is 4.03. The van der Waals surface area contributed by atoms with Crippen LogP contribution in [0.4, 0.5) is 0 Å². The van der Waals surface area contributed by atoms with E-state index < -0.39 is 0 Å². The number of nitrogens with one attached hydrogen (secondary N) is 1. The summed E-state index contributed by atoms with van der Waals surface area (Å²) in [6.45, 7) is 10.2. The molecule has 1 fully saturated rings. The lowest BCUT2D eigenvalue weighted by atomic mass is 10.1. The second-order valence-electron chi connectivity index (χ2n) is 5.62. The van der Waals surface area contributed by atoms with Crippen molar-refractivity contribution >= 4 is 0 Å². The second kappa shape index (κ2) is 6.35. The highest BCUT2D eigenvalue weighted by Gasteiger charge is 2.21. The summed E-state index contributed by atoms with van der Waals surface area (Å²) < 4.78 is 0. The van der Waals surface area contributed by atoms with Gasteiger partial charge in [-0.2, -0.15) is 0 Å². The molecule has 0 aliphatic carbocycles. The fraction of sp³-hybridized carbons (Fsp3) is 0.625. The topological polar surface area (TPSA) is 15.3 Å². The number of aryl methyl sites for hydroxylation is 1. The average molecular weight is 246 g/mol. The molecule has 2 rings (SSSR count). The van der Waals surface area contributed by atoms with E-state index in [9.17, 15) is 0 Å². The summed E-state index contributed by atoms with van der Waals surface area (Å²) >= 11 is 0. The summed E-state index contributed by atoms with van der Waals surface area (Å²) in [4.78, 5) is 2.63. The molecule has 1 aliphatic heterocycles. The van der Waals surface area contributed by atoms with Gasteiger partial charge in [0.25, 0.3) is 0 Å². The van der Waals surface area contributed by atoms with Crippen molar-refractivity contribution in [1.82, 2.24) is 10.2 Å². The second-order valence-corrected chi connectivity index (χ2v) is 5.62. The van der Waals surface area contributed by atoms with E-state index in [-0.39, 0.29) is 0 Å². The van der Waals surface area contributed by atoms with Crippen LogP contribution in [0, 0.1) is 6.92 Å². The number of benzene rings is 1. The summed E-state index contributed by atoms with van der Waals surface area (Å²) in [5, 5.41) is 3.65. The number of rotatable bonds is 3. The molecule has 1 aromatic carbocycles. The van der Waals surface area contributed by atoms with Crippen molar-refractivity contribution in [2.24, 2.45) is 0 Å². The Labute approximate surface area is 111 Å². The molecular weight excluding hydrogens is 220 g/mol. The van der Waals surface area contributed by atoms with Crippen molar-refractivity contribution in [2.75, 3.05) is 13.1 Å². The normalized spacial score (nSPS) is 25.9. The van der Waals surface area contributed by atoms with Crippen LogP contribution < -0.4 is 5.32 Å². The third kappa shape index (κ3) is 3.56. The Morgan fingerprint density at radius 2 is 2.22 bits per heavy atom. The van der Waals surface area contributed by atoms with Crippen molar-refractivity contribution in [3.05, 3.63) is 35.4 Å². The largest absolute Gasteiger partial charge is 0.313 e. The predicted octanol–water partition coefficient (Wildman–Crippen LogP) is 2.96. The molecule has 0 bridgehead atoms. The Morgan fingerprint density at radius 3 is 2.94 bits per heavy atom. The Morgan fingerprint density at radius 1 is 1.39 bits per heavy atom. The molecule has 1 N–H and O–H groups in total. The molecule has 2 atom stereocenters. The summed E-state index contributed by atoms with van der Waals surface area (Å²) in [5.74, 6) is 0. The molecular formula is C16H26N2. The van der Waals surface area contributed by atoms with Crippen LogP contribution in [0.2, 0.25) is 0 Å². The Kier molecular flexibility index (Phi) is 4.79. The molecule has 1 saturated heterocycles. The maximum absolute atomic E-state index is 3.65. The van der Waals surface area contributed by atoms with Gasteiger partial charge >= 0.3 is 0 Å². The zero-order valence-electron chi connectivity index (χ0n) is 11.9. The fourth-order valence-corrected chi connectivity index (χ4v) is 2.75. The van der Waals surface area contributed by atoms with Gasteiger partial charge < -0.3 is 5.32 Å². The van der Waals surface area contributed by atoms with E-state index in [0.717, 1.165) is 13.1 Å². The SMILES string of the molecule is CCC1CN(Cc2cccc(C)c2)C(C)CCN1. The molecule has 0 spiro atoms. The van der Waals surface area contributed by atoms with Crippen LogP contribution in [0.1, 0.15) is 37.8 Å². The first-order chi connectivity index (χ1) is 8.69. The van der Waals surface area contributed by atoms with Crippen LogP contribution in [0.5, 0.6) is 0 Å². The van der Waals surface area contributed by atoms with Crippen molar-refractivity contribution in [2.45, 2.75) is 52.2 Å². The molecule has 2 nitrogen and oxygen atoms in total. The zero-order chi connectivity index (χ0) is 13.0. The number of hydrogen-bond acceptors (Lipinski definition) is 2. The molecule has 0 amide bonds. The third-order valence-corrected chi connectivity index (χ3v) is 4.03. The summed E-state index contributed by atoms with van der Waals surface area (Å²) in [6, 6.07) is 10.2. The van der Waals surface area contributed by atoms with Crippen LogP contribution in [0.25, 0.3) is 0 Å². The van der Waals surface area contributed by atoms with Crippen LogP contribution >= 0.6 is 0 Å². The molecule has 100 valence electrons. The van der Waals surface area contributed by atoms with Crippen LogP contribution in [-0.2, 0) is 6.54 Å². The molecule has 1 heterocycles. The van der Waals surface area contributed by atoms with E-state index in [1.165, 1.54) is 30.5 Å². The maximum Gasteiger partial charge on any atom is 0.0237 e. The molecule has 0 saturated carbocycles. The van der Waals surface area contributed by atoms with Gasteiger partial charge in [-0.25, -0.2) is 0 Å². The highest BCUT2D eigenvalue weighted by molar-refractivity contribution is 5.22. The molecule has 0 radical (unpaired) electrons. The van der Waals surface area contributed by atoms with Crippen molar-refractivity contribution < 1.29 is 0 Å². The fourth-order valence-electron chi connectivity index (χ4n) is 2.75. The average Bonchev–Trinajstić information content (AvgIpc) is 2.52. The van der Waals surface area contributed by atoms with Gasteiger partial charge in [-0.1, -0.05) is 36.8 Å². The molecule has 2 heteroatoms. The monoisotopic (exact) mass is 246 g/mol. The Hall–Kier alpha value is -0.860. The van der Waals surface area contributed by atoms with Crippen molar-refractivity contribution in [3.8, 4) is 0 Å². The van der Waals surface area contributed by atoms with Gasteiger partial charge in [0.05, 0.1) is 0 Å². The number of nitrogens with zero attached hydrogens (tertiary/aromatic N) is 1. The van der Waals surface area contributed by atoms with E-state index in [0.29, 0.717) is 12.1 Å². The highest BCUT2D eigenvalue weighted by atomic mass is 15.2. The lowest BCUT2D eigenvalue weighted by molar-refractivity contribution is 0.194. The standard InChI is InChI=1S/C16H26N2/c1-4-16-12-18(14(3)8-9-17-16)11-15-7-5-6-13(2)10-15/h5-7,10,14,16-17H,4,8-9,11-12H2,1-3H3. The lowest BCUT2D eigenvalue weighted by Crippen LogP contribution is -2.39. The van der Waals surface area contributed by atoms with Crippen LogP contribution in [0.15, 0.2) is 24.3 Å². The predicted molar refractivity (Wildman–Crippen MR) is 77.7 cm³/mol. The summed E-state index contributed by atoms with van der Waals surface area (Å²) in [5.41, 5.74) is 2.80. The smallest absolute Gasteiger partial charge is 0.0237 e. The Bertz CT molecular complexity index is 375. The van der Waals surface area contributed by atoms with Crippen molar-refractivity contribution in [1.29, 1.82) is 0 Å². The summed E-state index contributed by atoms with van der Waals surface area (Å²) in [7, 11) is 0. The van der Waals surface area contributed by atoms with E-state index in [4.69, 9.17) is 0 Å². The quantitative estimate of drug-likeness (QED) is 0.882. The summed E-state index contributed by atoms with van der Waals surface area (Å²) in [6.07, 6.45) is 2.47. The lowest BCUT2D eigenvalue weighted by Gasteiger charge is -2.29. The van der Waals surface area contributed by atoms with Gasteiger partial charge in [0.2, 0.25) is 0 Å². The maximum atomic E-state index is 3.65. The number of hydrogen-bond donors (Lipinski definition) is 1. The van der Waals surface area contributed by atoms with Gasteiger partial charge in [-0.3, -0.25) is 4.90 Å². The van der Waals surface area contributed by atoms with E-state index in [1.54, 1.807) is 0 Å². The Balaban J connectivity index is 2.05. The minimum absolute atomic E-state index is 0.653. The van der Waals surface area contributed by atoms with Gasteiger partial charge in [0.15, 0.2) is 0 Å². The first-order valence-electron chi connectivity index (χ1n) is 7.22. The minimum Gasteiger partial charge on any atom is -0.313 e. The molecule has 2 unspecified atom stereocenters. The zero-order valence-corrected chi connectivity index (χ0v) is 11.9. The van der Waals surface area contributed by atoms with Crippen LogP contribution in [0.3, 0.4) is 0 Å². The first kappa shape index (κ1) is 13.6. The van der Waals surface area contributed by atoms with Crippen molar-refractivity contribution in [3.63, 3.8) is 0 Å². The highest BCUT2D eigenvalue weighted by Crippen LogP contribution is 2.15. The van der Waals surface area contributed by atoms with E-state index in [1.807, 2.05) is 0 Å². The van der Waals surface area contributed by atoms with Gasteiger partial charge in [-0.05, 0) is 38.8 Å². The minimum atomic E-state index is 0.653. The molecule has 1 aromatic rings. The first-order valence-corrected chi connectivity index (χ1v) is 7.22. The molecule has 0 aromatic heterocycles. The van der Waals surface area contributed by atoms with Crippen LogP contribution in [-0.4, -0.2) is 30.1 Å².